The first-order valence-corrected chi connectivity index (χ1v) is 10.6. The molecule has 1 saturated carbocycles. The molecular weight excluding hydrogens is 399 g/mol. The maximum Gasteiger partial charge on any atom is 0.391 e. The average molecular weight is 432 g/mol. The van der Waals surface area contributed by atoms with E-state index in [2.05, 4.69) is 30.7 Å². The molecule has 0 unspecified atom stereocenters. The first kappa shape index (κ1) is 22.8. The molecule has 1 aromatic heterocycles. The van der Waals surface area contributed by atoms with Gasteiger partial charge in [-0.15, -0.1) is 10.2 Å². The second-order valence-electron chi connectivity index (χ2n) is 8.00. The summed E-state index contributed by atoms with van der Waals surface area (Å²) in [5, 5.41) is 14.8. The highest BCUT2D eigenvalue weighted by atomic mass is 19.4. The van der Waals surface area contributed by atoms with Gasteiger partial charge in [0.05, 0.1) is 19.1 Å². The molecule has 0 amide bonds. The van der Waals surface area contributed by atoms with Crippen molar-refractivity contribution in [2.45, 2.75) is 51.4 Å². The number of nitrogens with one attached hydrogen (secondary N) is 2. The Kier molecular flexibility index (Phi) is 7.93. The third kappa shape index (κ3) is 6.56. The second kappa shape index (κ2) is 10.4. The van der Waals surface area contributed by atoms with Crippen molar-refractivity contribution in [3.8, 4) is 0 Å². The summed E-state index contributed by atoms with van der Waals surface area (Å²) in [7, 11) is 1.89. The highest BCUT2D eigenvalue weighted by Gasteiger charge is 2.41. The Bertz CT molecular complexity index is 693. The predicted molar refractivity (Wildman–Crippen MR) is 107 cm³/mol. The molecule has 30 heavy (non-hydrogen) atoms. The largest absolute Gasteiger partial charge is 0.391 e. The Morgan fingerprint density at radius 1 is 1.17 bits per heavy atom. The zero-order chi connectivity index (χ0) is 21.6. The summed E-state index contributed by atoms with van der Waals surface area (Å²) in [6.07, 6.45) is -2.81. The van der Waals surface area contributed by atoms with E-state index in [4.69, 9.17) is 4.74 Å². The van der Waals surface area contributed by atoms with Gasteiger partial charge in [-0.25, -0.2) is 4.99 Å². The fourth-order valence-electron chi connectivity index (χ4n) is 3.81. The van der Waals surface area contributed by atoms with Crippen LogP contribution < -0.4 is 10.6 Å². The number of halogens is 3. The molecule has 2 heterocycles. The van der Waals surface area contributed by atoms with Gasteiger partial charge in [0.2, 0.25) is 0 Å². The summed E-state index contributed by atoms with van der Waals surface area (Å²) in [6, 6.07) is -0.0144. The van der Waals surface area contributed by atoms with Crippen LogP contribution in [0.2, 0.25) is 0 Å². The SMILES string of the molecule is Cc1nnc(CN=C(NCCN2CCOCC2)NC2CCC(C(F)(F)F)CC2)n1C. The van der Waals surface area contributed by atoms with Crippen molar-refractivity contribution in [2.24, 2.45) is 18.0 Å². The lowest BCUT2D eigenvalue weighted by Gasteiger charge is -2.31. The highest BCUT2D eigenvalue weighted by molar-refractivity contribution is 5.80. The van der Waals surface area contributed by atoms with Gasteiger partial charge >= 0.3 is 6.18 Å². The van der Waals surface area contributed by atoms with E-state index in [1.54, 1.807) is 0 Å². The Hall–Kier alpha value is -1.88. The Labute approximate surface area is 175 Å². The van der Waals surface area contributed by atoms with Crippen LogP contribution in [0.25, 0.3) is 0 Å². The topological polar surface area (TPSA) is 79.6 Å². The van der Waals surface area contributed by atoms with Crippen LogP contribution >= 0.6 is 0 Å². The minimum Gasteiger partial charge on any atom is -0.379 e. The van der Waals surface area contributed by atoms with Gasteiger partial charge in [-0.2, -0.15) is 13.2 Å². The Balaban J connectivity index is 1.55. The van der Waals surface area contributed by atoms with Crippen molar-refractivity contribution in [1.82, 2.24) is 30.3 Å². The molecule has 11 heteroatoms. The van der Waals surface area contributed by atoms with Gasteiger partial charge in [0.1, 0.15) is 12.4 Å². The monoisotopic (exact) mass is 431 g/mol. The molecule has 8 nitrogen and oxygen atoms in total. The van der Waals surface area contributed by atoms with Crippen LogP contribution in [0.15, 0.2) is 4.99 Å². The lowest BCUT2D eigenvalue weighted by Crippen LogP contribution is -2.48. The van der Waals surface area contributed by atoms with Crippen LogP contribution in [0.4, 0.5) is 13.2 Å². The zero-order valence-corrected chi connectivity index (χ0v) is 17.7. The van der Waals surface area contributed by atoms with E-state index in [0.29, 0.717) is 31.9 Å². The molecule has 0 spiro atoms. The van der Waals surface area contributed by atoms with Gasteiger partial charge in [0, 0.05) is 39.3 Å². The fraction of sp³-hybridized carbons (Fsp3) is 0.842. The quantitative estimate of drug-likeness (QED) is 0.526. The number of guanidine groups is 1. The maximum atomic E-state index is 12.9. The molecule has 1 aromatic rings. The first-order chi connectivity index (χ1) is 14.3. The van der Waals surface area contributed by atoms with Gasteiger partial charge < -0.3 is 19.9 Å². The van der Waals surface area contributed by atoms with E-state index in [-0.39, 0.29) is 18.9 Å². The Morgan fingerprint density at radius 3 is 2.47 bits per heavy atom. The molecule has 0 aromatic carbocycles. The van der Waals surface area contributed by atoms with E-state index < -0.39 is 12.1 Å². The lowest BCUT2D eigenvalue weighted by atomic mass is 9.85. The van der Waals surface area contributed by atoms with Crippen LogP contribution in [-0.2, 0) is 18.3 Å². The molecule has 2 N–H and O–H groups in total. The summed E-state index contributed by atoms with van der Waals surface area (Å²) in [4.78, 5) is 6.93. The van der Waals surface area contributed by atoms with Crippen LogP contribution in [0.5, 0.6) is 0 Å². The summed E-state index contributed by atoms with van der Waals surface area (Å²) >= 11 is 0. The van der Waals surface area contributed by atoms with Gasteiger partial charge in [0.25, 0.3) is 0 Å². The Morgan fingerprint density at radius 2 is 1.87 bits per heavy atom. The number of aliphatic imine (C=N–C) groups is 1. The zero-order valence-electron chi connectivity index (χ0n) is 17.7. The van der Waals surface area contributed by atoms with Crippen molar-refractivity contribution >= 4 is 5.96 Å². The van der Waals surface area contributed by atoms with Gasteiger partial charge in [-0.3, -0.25) is 4.90 Å². The molecule has 0 bridgehead atoms. The van der Waals surface area contributed by atoms with Crippen LogP contribution in [-0.4, -0.2) is 77.2 Å². The van der Waals surface area contributed by atoms with Crippen molar-refractivity contribution in [1.29, 1.82) is 0 Å². The smallest absolute Gasteiger partial charge is 0.379 e. The summed E-state index contributed by atoms with van der Waals surface area (Å²) in [5.74, 6) is 0.967. The molecule has 0 radical (unpaired) electrons. The van der Waals surface area contributed by atoms with Crippen molar-refractivity contribution in [2.75, 3.05) is 39.4 Å². The van der Waals surface area contributed by atoms with Crippen molar-refractivity contribution in [3.05, 3.63) is 11.6 Å². The number of rotatable bonds is 6. The summed E-state index contributed by atoms with van der Waals surface area (Å²) < 4.78 is 46.1. The number of alkyl halides is 3. The number of ether oxygens (including phenoxy) is 1. The highest BCUT2D eigenvalue weighted by Crippen LogP contribution is 2.37. The van der Waals surface area contributed by atoms with E-state index in [1.165, 1.54) is 0 Å². The lowest BCUT2D eigenvalue weighted by molar-refractivity contribution is -0.182. The number of hydrogen-bond donors (Lipinski definition) is 2. The standard InChI is InChI=1S/C19H32F3N7O/c1-14-26-27-17(28(14)2)13-24-18(23-7-8-29-9-11-30-12-10-29)25-16-5-3-15(4-6-16)19(20,21)22/h15-16H,3-13H2,1-2H3,(H2,23,24,25). The molecule has 170 valence electrons. The predicted octanol–water partition coefficient (Wildman–Crippen LogP) is 1.61. The molecule has 3 rings (SSSR count). The molecule has 1 aliphatic carbocycles. The number of nitrogens with zero attached hydrogens (tertiary/aromatic N) is 5. The van der Waals surface area contributed by atoms with Gasteiger partial charge in [-0.1, -0.05) is 0 Å². The number of hydrogen-bond acceptors (Lipinski definition) is 5. The molecule has 1 aliphatic heterocycles. The van der Waals surface area contributed by atoms with Gasteiger partial charge in [0.15, 0.2) is 11.8 Å². The minimum absolute atomic E-state index is 0.0144. The van der Waals surface area contributed by atoms with E-state index >= 15 is 0 Å². The van der Waals surface area contributed by atoms with Gasteiger partial charge in [-0.05, 0) is 32.6 Å². The fourth-order valence-corrected chi connectivity index (χ4v) is 3.81. The average Bonchev–Trinajstić information content (AvgIpc) is 3.04. The minimum atomic E-state index is -4.10. The van der Waals surface area contributed by atoms with E-state index in [0.717, 1.165) is 44.5 Å². The summed E-state index contributed by atoms with van der Waals surface area (Å²) in [6.45, 7) is 7.07. The van der Waals surface area contributed by atoms with Crippen molar-refractivity contribution < 1.29 is 17.9 Å². The van der Waals surface area contributed by atoms with Crippen LogP contribution in [0.1, 0.15) is 37.3 Å². The van der Waals surface area contributed by atoms with E-state index in [1.807, 2.05) is 18.5 Å². The molecular formula is C19H32F3N7O. The number of morpholine rings is 1. The summed E-state index contributed by atoms with van der Waals surface area (Å²) in [5.41, 5.74) is 0. The second-order valence-corrected chi connectivity index (χ2v) is 8.00. The first-order valence-electron chi connectivity index (χ1n) is 10.6. The third-order valence-electron chi connectivity index (χ3n) is 5.92. The number of aromatic nitrogens is 3. The molecule has 2 aliphatic rings. The molecule has 0 atom stereocenters. The number of aryl methyl sites for hydroxylation is 1. The van der Waals surface area contributed by atoms with E-state index in [9.17, 15) is 13.2 Å². The molecule has 2 fully saturated rings. The van der Waals surface area contributed by atoms with Crippen molar-refractivity contribution in [3.63, 3.8) is 0 Å². The molecule has 1 saturated heterocycles. The normalized spacial score (nSPS) is 24.1. The van der Waals surface area contributed by atoms with Crippen LogP contribution in [0, 0.1) is 12.8 Å². The maximum absolute atomic E-state index is 12.9. The third-order valence-corrected chi connectivity index (χ3v) is 5.92. The van der Waals surface area contributed by atoms with Crippen LogP contribution in [0.3, 0.4) is 0 Å².